The number of hydrogen-bond donors (Lipinski definition) is 0. The van der Waals surface area contributed by atoms with E-state index in [-0.39, 0.29) is 10.8 Å². The molecule has 0 unspecified atom stereocenters. The van der Waals surface area contributed by atoms with Gasteiger partial charge in [-0.15, -0.1) is 0 Å². The van der Waals surface area contributed by atoms with Crippen molar-refractivity contribution in [2.75, 3.05) is 0 Å². The minimum absolute atomic E-state index is 0.0976. The van der Waals surface area contributed by atoms with Crippen LogP contribution >= 0.6 is 23.2 Å². The number of hydrogen-bond acceptors (Lipinski definition) is 0. The molecule has 13 heavy (non-hydrogen) atoms. The fraction of sp³-hybridized carbons (Fsp3) is 0. The summed E-state index contributed by atoms with van der Waals surface area (Å²) in [5, 5.41) is 13.4. The number of fused-ring (bicyclic) bond motifs is 1. The lowest BCUT2D eigenvalue weighted by molar-refractivity contribution is 0.360. The zero-order valence-corrected chi connectivity index (χ0v) is 8.06. The summed E-state index contributed by atoms with van der Waals surface area (Å²) in [6, 6.07) is 8.92. The van der Waals surface area contributed by atoms with E-state index >= 15 is 0 Å². The maximum Gasteiger partial charge on any atom is 0.206 e. The molecule has 0 amide bonds. The first kappa shape index (κ1) is 8.67. The SMILES string of the molecule is [O]c1c(Cl)c(Cl)cc2ccccc12. The molecule has 65 valence electrons. The molecule has 0 aromatic heterocycles. The third-order valence-corrected chi connectivity index (χ3v) is 2.67. The topological polar surface area (TPSA) is 19.9 Å². The van der Waals surface area contributed by atoms with E-state index in [0.717, 1.165) is 5.39 Å². The van der Waals surface area contributed by atoms with Crippen LogP contribution in [-0.2, 0) is 5.11 Å². The molecule has 0 aliphatic carbocycles. The number of rotatable bonds is 0. The molecule has 0 bridgehead atoms. The van der Waals surface area contributed by atoms with Crippen LogP contribution in [0.1, 0.15) is 0 Å². The molecule has 2 aromatic carbocycles. The maximum atomic E-state index is 11.5. The molecule has 3 heteroatoms. The predicted molar refractivity (Wildman–Crippen MR) is 54.1 cm³/mol. The van der Waals surface area contributed by atoms with Crippen molar-refractivity contribution in [1.29, 1.82) is 0 Å². The van der Waals surface area contributed by atoms with Crippen LogP contribution in [0.5, 0.6) is 5.75 Å². The fourth-order valence-corrected chi connectivity index (χ4v) is 1.62. The summed E-state index contributed by atoms with van der Waals surface area (Å²) in [6.07, 6.45) is 0. The minimum Gasteiger partial charge on any atom is -0.288 e. The van der Waals surface area contributed by atoms with Crippen LogP contribution < -0.4 is 0 Å². The summed E-state index contributed by atoms with van der Waals surface area (Å²) in [4.78, 5) is 0. The maximum absolute atomic E-state index is 11.5. The summed E-state index contributed by atoms with van der Waals surface area (Å²) in [6.45, 7) is 0. The third-order valence-electron chi connectivity index (χ3n) is 1.90. The van der Waals surface area contributed by atoms with Crippen molar-refractivity contribution in [3.63, 3.8) is 0 Å². The second-order valence-corrected chi connectivity index (χ2v) is 3.51. The molecule has 1 radical (unpaired) electrons. The molecule has 0 aliphatic heterocycles. The first-order valence-electron chi connectivity index (χ1n) is 3.74. The smallest absolute Gasteiger partial charge is 0.206 e. The second kappa shape index (κ2) is 3.09. The van der Waals surface area contributed by atoms with Gasteiger partial charge in [0.25, 0.3) is 0 Å². The van der Waals surface area contributed by atoms with E-state index in [1.165, 1.54) is 0 Å². The van der Waals surface area contributed by atoms with Crippen LogP contribution in [0.3, 0.4) is 0 Å². The molecule has 0 saturated heterocycles. The van der Waals surface area contributed by atoms with Crippen molar-refractivity contribution >= 4 is 34.0 Å². The van der Waals surface area contributed by atoms with Crippen molar-refractivity contribution in [2.24, 2.45) is 0 Å². The van der Waals surface area contributed by atoms with E-state index in [1.54, 1.807) is 18.2 Å². The summed E-state index contributed by atoms with van der Waals surface area (Å²) in [7, 11) is 0. The van der Waals surface area contributed by atoms with Gasteiger partial charge in [-0.1, -0.05) is 47.5 Å². The molecule has 2 rings (SSSR count). The van der Waals surface area contributed by atoms with Gasteiger partial charge in [-0.05, 0) is 11.5 Å². The largest absolute Gasteiger partial charge is 0.288 e. The van der Waals surface area contributed by atoms with Crippen molar-refractivity contribution in [3.8, 4) is 5.75 Å². The molecule has 0 aliphatic rings. The molecule has 0 atom stereocenters. The third kappa shape index (κ3) is 1.34. The Morgan fingerprint density at radius 1 is 1.08 bits per heavy atom. The summed E-state index contributed by atoms with van der Waals surface area (Å²) in [5.41, 5.74) is 0. The lowest BCUT2D eigenvalue weighted by Gasteiger charge is -2.01. The summed E-state index contributed by atoms with van der Waals surface area (Å²) >= 11 is 11.5. The van der Waals surface area contributed by atoms with Crippen LogP contribution in [0.15, 0.2) is 30.3 Å². The van der Waals surface area contributed by atoms with Crippen LogP contribution in [0.25, 0.3) is 10.8 Å². The highest BCUT2D eigenvalue weighted by molar-refractivity contribution is 6.44. The van der Waals surface area contributed by atoms with Gasteiger partial charge in [0.1, 0.15) is 5.02 Å². The van der Waals surface area contributed by atoms with Gasteiger partial charge in [0.05, 0.1) is 5.02 Å². The van der Waals surface area contributed by atoms with E-state index in [0.29, 0.717) is 10.4 Å². The van der Waals surface area contributed by atoms with Gasteiger partial charge < -0.3 is 0 Å². The Hall–Kier alpha value is -0.920. The van der Waals surface area contributed by atoms with E-state index in [9.17, 15) is 5.11 Å². The van der Waals surface area contributed by atoms with E-state index < -0.39 is 0 Å². The quantitative estimate of drug-likeness (QED) is 0.620. The zero-order chi connectivity index (χ0) is 9.42. The van der Waals surface area contributed by atoms with Crippen molar-refractivity contribution in [3.05, 3.63) is 40.4 Å². The van der Waals surface area contributed by atoms with Crippen LogP contribution in [0.4, 0.5) is 0 Å². The summed E-state index contributed by atoms with van der Waals surface area (Å²) < 4.78 is 0. The van der Waals surface area contributed by atoms with Gasteiger partial charge >= 0.3 is 0 Å². The molecule has 2 aromatic rings. The Bertz CT molecular complexity index is 466. The second-order valence-electron chi connectivity index (χ2n) is 2.72. The lowest BCUT2D eigenvalue weighted by Crippen LogP contribution is -1.75. The molecule has 0 spiro atoms. The van der Waals surface area contributed by atoms with E-state index in [2.05, 4.69) is 0 Å². The normalized spacial score (nSPS) is 10.6. The van der Waals surface area contributed by atoms with Gasteiger partial charge in [-0.2, -0.15) is 0 Å². The fourth-order valence-electron chi connectivity index (χ4n) is 1.26. The highest BCUT2D eigenvalue weighted by Gasteiger charge is 2.10. The van der Waals surface area contributed by atoms with Crippen LogP contribution in [0, 0.1) is 0 Å². The number of benzene rings is 2. The molecular formula is C10H5Cl2O. The van der Waals surface area contributed by atoms with Gasteiger partial charge in [0, 0.05) is 5.39 Å². The monoisotopic (exact) mass is 211 g/mol. The average Bonchev–Trinajstić information content (AvgIpc) is 2.15. The minimum atomic E-state index is -0.204. The Morgan fingerprint density at radius 2 is 1.77 bits per heavy atom. The molecule has 0 heterocycles. The van der Waals surface area contributed by atoms with Crippen LogP contribution in [0.2, 0.25) is 10.0 Å². The van der Waals surface area contributed by atoms with E-state index in [4.69, 9.17) is 23.2 Å². The summed E-state index contributed by atoms with van der Waals surface area (Å²) in [5.74, 6) is -0.204. The van der Waals surface area contributed by atoms with E-state index in [1.807, 2.05) is 12.1 Å². The van der Waals surface area contributed by atoms with Crippen molar-refractivity contribution in [1.82, 2.24) is 0 Å². The standard InChI is InChI=1S/C10H5Cl2O/c11-8-5-6-3-1-2-4-7(6)10(13)9(8)12/h1-5H. The van der Waals surface area contributed by atoms with Crippen molar-refractivity contribution < 1.29 is 5.11 Å². The van der Waals surface area contributed by atoms with Gasteiger partial charge in [0.15, 0.2) is 0 Å². The highest BCUT2D eigenvalue weighted by atomic mass is 35.5. The van der Waals surface area contributed by atoms with Gasteiger partial charge in [0.2, 0.25) is 5.75 Å². The van der Waals surface area contributed by atoms with Crippen LogP contribution in [-0.4, -0.2) is 0 Å². The van der Waals surface area contributed by atoms with Gasteiger partial charge in [-0.3, -0.25) is 5.11 Å². The molecule has 1 nitrogen and oxygen atoms in total. The lowest BCUT2D eigenvalue weighted by atomic mass is 10.1. The first-order chi connectivity index (χ1) is 6.20. The molecular weight excluding hydrogens is 207 g/mol. The first-order valence-corrected chi connectivity index (χ1v) is 4.49. The van der Waals surface area contributed by atoms with Gasteiger partial charge in [-0.25, -0.2) is 0 Å². The molecule has 0 fully saturated rings. The van der Waals surface area contributed by atoms with Crippen molar-refractivity contribution in [2.45, 2.75) is 0 Å². The zero-order valence-electron chi connectivity index (χ0n) is 6.55. The molecule has 0 saturated carbocycles. The Labute approximate surface area is 85.5 Å². The Kier molecular flexibility index (Phi) is 2.06. The Balaban J connectivity index is 2.94. The Morgan fingerprint density at radius 3 is 2.54 bits per heavy atom. The molecule has 0 N–H and O–H groups in total. The average molecular weight is 212 g/mol. The highest BCUT2D eigenvalue weighted by Crippen LogP contribution is 2.38. The predicted octanol–water partition coefficient (Wildman–Crippen LogP) is 4.29. The number of halogens is 2.